The third kappa shape index (κ3) is 4.31. The van der Waals surface area contributed by atoms with Crippen molar-refractivity contribution in [2.24, 2.45) is 5.73 Å². The molecule has 1 saturated carbocycles. The Morgan fingerprint density at radius 2 is 1.86 bits per heavy atom. The highest BCUT2D eigenvalue weighted by Gasteiger charge is 2.33. The number of nitrogens with one attached hydrogen (secondary N) is 1. The lowest BCUT2D eigenvalue weighted by Gasteiger charge is -2.34. The number of hydrogen-bond acceptors (Lipinski definition) is 3. The Bertz CT molecular complexity index is 453. The van der Waals surface area contributed by atoms with Gasteiger partial charge in [-0.05, 0) is 18.4 Å². The Hall–Kier alpha value is -1.39. The zero-order valence-electron chi connectivity index (χ0n) is 13.5. The average Bonchev–Trinajstić information content (AvgIpc) is 2.80. The molecule has 1 amide bonds. The predicted molar refractivity (Wildman–Crippen MR) is 88.7 cm³/mol. The van der Waals surface area contributed by atoms with Crippen LogP contribution in [0, 0.1) is 0 Å². The van der Waals surface area contributed by atoms with Gasteiger partial charge < -0.3 is 15.8 Å². The van der Waals surface area contributed by atoms with Crippen molar-refractivity contribution in [2.75, 3.05) is 20.3 Å². The van der Waals surface area contributed by atoms with E-state index in [1.54, 1.807) is 7.11 Å². The highest BCUT2D eigenvalue weighted by atomic mass is 16.5. The first-order valence-corrected chi connectivity index (χ1v) is 8.26. The Kier molecular flexibility index (Phi) is 6.40. The highest BCUT2D eigenvalue weighted by molar-refractivity contribution is 5.81. The van der Waals surface area contributed by atoms with Crippen LogP contribution in [0.25, 0.3) is 0 Å². The normalized spacial score (nSPS) is 19.2. The molecule has 1 fully saturated rings. The van der Waals surface area contributed by atoms with E-state index in [9.17, 15) is 4.79 Å². The minimum atomic E-state index is -0.594. The SMILES string of the molecule is COCC(N)C(=O)NCC1(c2ccccc2)CCCCCC1. The molecule has 22 heavy (non-hydrogen) atoms. The first kappa shape index (κ1) is 17.0. The van der Waals surface area contributed by atoms with Crippen LogP contribution in [-0.4, -0.2) is 32.2 Å². The van der Waals surface area contributed by atoms with Gasteiger partial charge in [-0.1, -0.05) is 56.0 Å². The first-order valence-electron chi connectivity index (χ1n) is 8.26. The molecule has 1 aromatic rings. The van der Waals surface area contributed by atoms with Crippen LogP contribution in [0.3, 0.4) is 0 Å². The number of benzene rings is 1. The van der Waals surface area contributed by atoms with Gasteiger partial charge >= 0.3 is 0 Å². The van der Waals surface area contributed by atoms with Gasteiger partial charge in [-0.3, -0.25) is 4.79 Å². The third-order valence-electron chi connectivity index (χ3n) is 4.73. The van der Waals surface area contributed by atoms with Crippen LogP contribution < -0.4 is 11.1 Å². The number of carbonyl (C=O) groups is 1. The van der Waals surface area contributed by atoms with Crippen LogP contribution in [0.5, 0.6) is 0 Å². The van der Waals surface area contributed by atoms with Crippen molar-refractivity contribution in [3.63, 3.8) is 0 Å². The van der Waals surface area contributed by atoms with Crippen molar-refractivity contribution < 1.29 is 9.53 Å². The molecule has 122 valence electrons. The largest absolute Gasteiger partial charge is 0.383 e. The molecular formula is C18H28N2O2. The molecule has 0 bridgehead atoms. The van der Waals surface area contributed by atoms with E-state index in [4.69, 9.17) is 10.5 Å². The van der Waals surface area contributed by atoms with Gasteiger partial charge in [0, 0.05) is 19.1 Å². The lowest BCUT2D eigenvalue weighted by atomic mass is 9.74. The lowest BCUT2D eigenvalue weighted by Crippen LogP contribution is -2.48. The molecule has 0 radical (unpaired) electrons. The Balaban J connectivity index is 2.10. The zero-order chi connectivity index (χ0) is 15.8. The van der Waals surface area contributed by atoms with E-state index < -0.39 is 6.04 Å². The highest BCUT2D eigenvalue weighted by Crippen LogP contribution is 2.37. The van der Waals surface area contributed by atoms with Gasteiger partial charge in [-0.2, -0.15) is 0 Å². The maximum atomic E-state index is 12.1. The topological polar surface area (TPSA) is 64.3 Å². The molecule has 0 saturated heterocycles. The van der Waals surface area contributed by atoms with Crippen molar-refractivity contribution in [3.8, 4) is 0 Å². The fourth-order valence-corrected chi connectivity index (χ4v) is 3.41. The van der Waals surface area contributed by atoms with Crippen LogP contribution in [0.4, 0.5) is 0 Å². The fourth-order valence-electron chi connectivity index (χ4n) is 3.41. The summed E-state index contributed by atoms with van der Waals surface area (Å²) in [6.45, 7) is 0.914. The average molecular weight is 304 g/mol. The molecule has 4 nitrogen and oxygen atoms in total. The molecule has 0 spiro atoms. The number of hydrogen-bond donors (Lipinski definition) is 2. The number of amides is 1. The number of rotatable bonds is 6. The van der Waals surface area contributed by atoms with Crippen molar-refractivity contribution in [2.45, 2.75) is 50.0 Å². The molecule has 1 aromatic carbocycles. The van der Waals surface area contributed by atoms with E-state index in [2.05, 4.69) is 29.6 Å². The molecule has 3 N–H and O–H groups in total. The van der Waals surface area contributed by atoms with Gasteiger partial charge in [0.1, 0.15) is 6.04 Å². The monoisotopic (exact) mass is 304 g/mol. The molecule has 4 heteroatoms. The summed E-state index contributed by atoms with van der Waals surface area (Å²) in [5.74, 6) is -0.124. The minimum Gasteiger partial charge on any atom is -0.383 e. The number of ether oxygens (including phenoxy) is 1. The Morgan fingerprint density at radius 3 is 2.45 bits per heavy atom. The number of nitrogens with two attached hydrogens (primary N) is 1. The molecule has 1 atom stereocenters. The van der Waals surface area contributed by atoms with Gasteiger partial charge in [0.25, 0.3) is 0 Å². The van der Waals surface area contributed by atoms with Crippen LogP contribution in [0.2, 0.25) is 0 Å². The van der Waals surface area contributed by atoms with E-state index in [1.807, 2.05) is 6.07 Å². The minimum absolute atomic E-state index is 0.0419. The standard InChI is InChI=1S/C18H28N2O2/c1-22-13-16(19)17(21)20-14-18(11-7-2-3-8-12-18)15-9-5-4-6-10-15/h4-6,9-10,16H,2-3,7-8,11-14,19H2,1H3,(H,20,21). The van der Waals surface area contributed by atoms with Crippen molar-refractivity contribution in [1.82, 2.24) is 5.32 Å². The van der Waals surface area contributed by atoms with Gasteiger partial charge in [-0.25, -0.2) is 0 Å². The maximum Gasteiger partial charge on any atom is 0.239 e. The molecule has 1 unspecified atom stereocenters. The summed E-state index contributed by atoms with van der Waals surface area (Å²) in [6, 6.07) is 9.99. The van der Waals surface area contributed by atoms with Crippen molar-refractivity contribution in [3.05, 3.63) is 35.9 Å². The Morgan fingerprint density at radius 1 is 1.23 bits per heavy atom. The van der Waals surface area contributed by atoms with Crippen molar-refractivity contribution >= 4 is 5.91 Å². The molecule has 1 aliphatic carbocycles. The summed E-state index contributed by atoms with van der Waals surface area (Å²) in [7, 11) is 1.56. The third-order valence-corrected chi connectivity index (χ3v) is 4.73. The first-order chi connectivity index (χ1) is 10.7. The van der Waals surface area contributed by atoms with Gasteiger partial charge in [0.2, 0.25) is 5.91 Å². The van der Waals surface area contributed by atoms with E-state index in [-0.39, 0.29) is 17.9 Å². The second-order valence-corrected chi connectivity index (χ2v) is 6.34. The smallest absolute Gasteiger partial charge is 0.239 e. The molecule has 0 aromatic heterocycles. The molecule has 0 heterocycles. The lowest BCUT2D eigenvalue weighted by molar-refractivity contribution is -0.123. The summed E-state index contributed by atoms with van der Waals surface area (Å²) in [6.07, 6.45) is 7.24. The van der Waals surface area contributed by atoms with E-state index >= 15 is 0 Å². The van der Waals surface area contributed by atoms with Gasteiger partial charge in [-0.15, -0.1) is 0 Å². The van der Waals surface area contributed by atoms with Crippen LogP contribution in [-0.2, 0) is 14.9 Å². The van der Waals surface area contributed by atoms with Crippen molar-refractivity contribution in [1.29, 1.82) is 0 Å². The summed E-state index contributed by atoms with van der Waals surface area (Å²) >= 11 is 0. The van der Waals surface area contributed by atoms with E-state index in [1.165, 1.54) is 31.2 Å². The predicted octanol–water partition coefficient (Wildman–Crippen LogP) is 2.37. The van der Waals surface area contributed by atoms with Gasteiger partial charge in [0.05, 0.1) is 6.61 Å². The summed E-state index contributed by atoms with van der Waals surface area (Å²) in [4.78, 5) is 12.1. The summed E-state index contributed by atoms with van der Waals surface area (Å²) < 4.78 is 4.96. The zero-order valence-corrected chi connectivity index (χ0v) is 13.5. The Labute approximate surface area is 133 Å². The van der Waals surface area contributed by atoms with Crippen LogP contribution in [0.15, 0.2) is 30.3 Å². The number of carbonyl (C=O) groups excluding carboxylic acids is 1. The van der Waals surface area contributed by atoms with Gasteiger partial charge in [0.15, 0.2) is 0 Å². The molecular weight excluding hydrogens is 276 g/mol. The summed E-state index contributed by atoms with van der Waals surface area (Å²) in [5, 5.41) is 3.06. The second-order valence-electron chi connectivity index (χ2n) is 6.34. The fraction of sp³-hybridized carbons (Fsp3) is 0.611. The maximum absolute atomic E-state index is 12.1. The molecule has 2 rings (SSSR count). The molecule has 1 aliphatic rings. The second kappa shape index (κ2) is 8.30. The van der Waals surface area contributed by atoms with E-state index in [0.29, 0.717) is 6.54 Å². The number of methoxy groups -OCH3 is 1. The quantitative estimate of drug-likeness (QED) is 0.793. The molecule has 0 aliphatic heterocycles. The summed E-state index contributed by atoms with van der Waals surface area (Å²) in [5.41, 5.74) is 7.19. The van der Waals surface area contributed by atoms with Crippen LogP contribution >= 0.6 is 0 Å². The van der Waals surface area contributed by atoms with E-state index in [0.717, 1.165) is 12.8 Å². The van der Waals surface area contributed by atoms with Crippen LogP contribution in [0.1, 0.15) is 44.1 Å².